The fourth-order valence-electron chi connectivity index (χ4n) is 5.73. The fourth-order valence-corrected chi connectivity index (χ4v) is 6.00. The first-order valence-corrected chi connectivity index (χ1v) is 14.4. The maximum atomic E-state index is 12.7. The summed E-state index contributed by atoms with van der Waals surface area (Å²) in [6.07, 6.45) is 6.14. The van der Waals surface area contributed by atoms with Gasteiger partial charge in [0.15, 0.2) is 0 Å². The van der Waals surface area contributed by atoms with Crippen molar-refractivity contribution in [2.24, 2.45) is 0 Å². The number of nitrogens with one attached hydrogen (secondary N) is 1. The van der Waals surface area contributed by atoms with Crippen LogP contribution in [0.2, 0.25) is 5.02 Å². The summed E-state index contributed by atoms with van der Waals surface area (Å²) < 4.78 is 5.69. The molecule has 2 aliphatic heterocycles. The van der Waals surface area contributed by atoms with Gasteiger partial charge in [0, 0.05) is 41.6 Å². The number of halogens is 1. The lowest BCUT2D eigenvalue weighted by atomic mass is 10.0. The third-order valence-electron chi connectivity index (χ3n) is 7.75. The molecule has 3 heterocycles. The summed E-state index contributed by atoms with van der Waals surface area (Å²) in [5.41, 5.74) is 3.88. The number of piperidine rings is 1. The van der Waals surface area contributed by atoms with Crippen molar-refractivity contribution in [2.45, 2.75) is 71.4 Å². The van der Waals surface area contributed by atoms with Gasteiger partial charge in [-0.05, 0) is 113 Å². The van der Waals surface area contributed by atoms with Crippen LogP contribution in [0.1, 0.15) is 57.1 Å². The van der Waals surface area contributed by atoms with Crippen LogP contribution in [0.4, 0.5) is 11.5 Å². The van der Waals surface area contributed by atoms with E-state index >= 15 is 0 Å². The highest BCUT2D eigenvalue weighted by molar-refractivity contribution is 6.31. The number of carbonyl (C=O) groups excluding carboxylic acids is 1. The Labute approximate surface area is 231 Å². The Hall–Kier alpha value is -2.83. The van der Waals surface area contributed by atoms with Gasteiger partial charge in [-0.25, -0.2) is 4.98 Å². The third-order valence-corrected chi connectivity index (χ3v) is 8.10. The van der Waals surface area contributed by atoms with Crippen molar-refractivity contribution in [2.75, 3.05) is 36.4 Å². The summed E-state index contributed by atoms with van der Waals surface area (Å²) in [7, 11) is 0. The molecule has 3 aromatic rings. The predicted molar refractivity (Wildman–Crippen MR) is 157 cm³/mol. The number of pyridine rings is 1. The Kier molecular flexibility index (Phi) is 8.39. The van der Waals surface area contributed by atoms with E-state index in [0.717, 1.165) is 52.9 Å². The maximum absolute atomic E-state index is 12.7. The molecule has 202 valence electrons. The van der Waals surface area contributed by atoms with Crippen LogP contribution in [0, 0.1) is 6.92 Å². The highest BCUT2D eigenvalue weighted by Gasteiger charge is 2.27. The van der Waals surface area contributed by atoms with Gasteiger partial charge in [0.05, 0.1) is 11.6 Å². The molecule has 0 radical (unpaired) electrons. The Morgan fingerprint density at radius 2 is 1.84 bits per heavy atom. The van der Waals surface area contributed by atoms with Crippen molar-refractivity contribution in [1.29, 1.82) is 0 Å². The highest BCUT2D eigenvalue weighted by atomic mass is 35.5. The molecular formula is C31H39ClN4O2. The molecular weight excluding hydrogens is 496 g/mol. The summed E-state index contributed by atoms with van der Waals surface area (Å²) in [5.74, 6) is 1.77. The Bertz CT molecular complexity index is 1280. The number of benzene rings is 2. The number of hydrogen-bond donors (Lipinski definition) is 1. The molecule has 1 aromatic heterocycles. The second-order valence-corrected chi connectivity index (χ2v) is 11.4. The molecule has 7 heteroatoms. The van der Waals surface area contributed by atoms with Gasteiger partial charge in [-0.15, -0.1) is 0 Å². The number of aromatic nitrogens is 1. The van der Waals surface area contributed by atoms with Crippen LogP contribution >= 0.6 is 11.6 Å². The number of carbonyl (C=O) groups is 1. The largest absolute Gasteiger partial charge is 0.491 e. The summed E-state index contributed by atoms with van der Waals surface area (Å²) in [6.45, 7) is 10.7. The Morgan fingerprint density at radius 1 is 1.08 bits per heavy atom. The molecule has 0 unspecified atom stereocenters. The van der Waals surface area contributed by atoms with Crippen molar-refractivity contribution in [3.63, 3.8) is 0 Å². The van der Waals surface area contributed by atoms with Crippen molar-refractivity contribution >= 4 is 39.9 Å². The van der Waals surface area contributed by atoms with E-state index in [2.05, 4.69) is 28.1 Å². The lowest BCUT2D eigenvalue weighted by Gasteiger charge is -2.37. The van der Waals surface area contributed by atoms with E-state index in [1.54, 1.807) is 0 Å². The highest BCUT2D eigenvalue weighted by Crippen LogP contribution is 2.29. The summed E-state index contributed by atoms with van der Waals surface area (Å²) in [4.78, 5) is 22.8. The van der Waals surface area contributed by atoms with Crippen LogP contribution in [0.25, 0.3) is 10.9 Å². The number of fused-ring (bicyclic) bond motifs is 1. The Morgan fingerprint density at radius 3 is 2.55 bits per heavy atom. The third kappa shape index (κ3) is 6.41. The first-order valence-electron chi connectivity index (χ1n) is 14.0. The number of hydrogen-bond acceptors (Lipinski definition) is 5. The minimum Gasteiger partial charge on any atom is -0.491 e. The molecule has 5 rings (SSSR count). The van der Waals surface area contributed by atoms with Gasteiger partial charge in [-0.3, -0.25) is 4.79 Å². The van der Waals surface area contributed by atoms with Crippen LogP contribution in [0.15, 0.2) is 42.5 Å². The Balaban J connectivity index is 1.19. The van der Waals surface area contributed by atoms with E-state index in [-0.39, 0.29) is 12.0 Å². The van der Waals surface area contributed by atoms with E-state index in [1.165, 1.54) is 44.3 Å². The van der Waals surface area contributed by atoms with Crippen LogP contribution in [-0.2, 0) is 11.2 Å². The molecule has 2 fully saturated rings. The van der Waals surface area contributed by atoms with Crippen LogP contribution < -0.4 is 15.0 Å². The zero-order valence-corrected chi connectivity index (χ0v) is 23.6. The number of aryl methyl sites for hydroxylation is 2. The van der Waals surface area contributed by atoms with Gasteiger partial charge in [0.25, 0.3) is 0 Å². The van der Waals surface area contributed by atoms with E-state index in [9.17, 15) is 4.79 Å². The molecule has 2 aromatic carbocycles. The van der Waals surface area contributed by atoms with Gasteiger partial charge in [-0.2, -0.15) is 0 Å². The average Bonchev–Trinajstić information content (AvgIpc) is 3.43. The summed E-state index contributed by atoms with van der Waals surface area (Å²) in [5, 5.41) is 4.74. The predicted octanol–water partition coefficient (Wildman–Crippen LogP) is 6.62. The minimum atomic E-state index is -0.0361. The number of ether oxygens (including phenoxy) is 1. The van der Waals surface area contributed by atoms with E-state index in [1.807, 2.05) is 50.2 Å². The van der Waals surface area contributed by atoms with Crippen molar-refractivity contribution in [1.82, 2.24) is 9.88 Å². The maximum Gasteiger partial charge on any atom is 0.224 e. The van der Waals surface area contributed by atoms with Crippen molar-refractivity contribution in [3.05, 3.63) is 58.6 Å². The molecule has 0 atom stereocenters. The molecule has 1 amide bonds. The number of nitrogens with zero attached hydrogens (tertiary/aromatic N) is 3. The van der Waals surface area contributed by atoms with Gasteiger partial charge < -0.3 is 19.9 Å². The molecule has 1 N–H and O–H groups in total. The molecule has 2 saturated heterocycles. The van der Waals surface area contributed by atoms with Crippen LogP contribution in [-0.4, -0.2) is 54.1 Å². The van der Waals surface area contributed by atoms with Crippen molar-refractivity contribution < 1.29 is 9.53 Å². The van der Waals surface area contributed by atoms with E-state index in [4.69, 9.17) is 21.3 Å². The first-order chi connectivity index (χ1) is 18.4. The zero-order valence-electron chi connectivity index (χ0n) is 22.8. The van der Waals surface area contributed by atoms with Crippen LogP contribution in [0.3, 0.4) is 0 Å². The smallest absolute Gasteiger partial charge is 0.224 e. The van der Waals surface area contributed by atoms with E-state index < -0.39 is 0 Å². The molecule has 2 aliphatic rings. The monoisotopic (exact) mass is 534 g/mol. The molecule has 0 bridgehead atoms. The lowest BCUT2D eigenvalue weighted by molar-refractivity contribution is -0.116. The first kappa shape index (κ1) is 26.8. The second-order valence-electron chi connectivity index (χ2n) is 11.0. The van der Waals surface area contributed by atoms with Gasteiger partial charge in [0.1, 0.15) is 11.6 Å². The summed E-state index contributed by atoms with van der Waals surface area (Å²) >= 11 is 6.42. The summed E-state index contributed by atoms with van der Waals surface area (Å²) in [6, 6.07) is 14.6. The topological polar surface area (TPSA) is 57.7 Å². The van der Waals surface area contributed by atoms with Gasteiger partial charge in [-0.1, -0.05) is 17.7 Å². The lowest BCUT2D eigenvalue weighted by Crippen LogP contribution is -2.44. The van der Waals surface area contributed by atoms with Gasteiger partial charge in [0.2, 0.25) is 5.91 Å². The van der Waals surface area contributed by atoms with Gasteiger partial charge >= 0.3 is 0 Å². The molecule has 0 aliphatic carbocycles. The normalized spacial score (nSPS) is 16.9. The quantitative estimate of drug-likeness (QED) is 0.352. The second kappa shape index (κ2) is 11.9. The fraction of sp³-hybridized carbons (Fsp3) is 0.484. The number of anilines is 2. The number of likely N-dealkylation sites (tertiary alicyclic amines) is 1. The van der Waals surface area contributed by atoms with Crippen LogP contribution in [0.5, 0.6) is 5.75 Å². The van der Waals surface area contributed by atoms with E-state index in [0.29, 0.717) is 17.9 Å². The molecule has 0 spiro atoms. The zero-order chi connectivity index (χ0) is 26.6. The SMILES string of the molecule is Cc1cc(N2CCC(N3CCCC3)CC2)nc2ccc(NC(=O)CCc3ccc(OC(C)C)cc3Cl)cc12. The van der Waals surface area contributed by atoms with Crippen molar-refractivity contribution in [3.8, 4) is 5.75 Å². The molecule has 6 nitrogen and oxygen atoms in total. The number of amides is 1. The standard InChI is InChI=1S/C31H39ClN4O2/c1-21(2)38-26-9-6-23(28(32)20-26)7-11-31(37)33-24-8-10-29-27(19-24)22(3)18-30(34-29)36-16-12-25(13-17-36)35-14-4-5-15-35/h6,8-10,18-21,25H,4-5,7,11-17H2,1-3H3,(H,33,37). The number of rotatable bonds is 8. The molecule has 0 saturated carbocycles. The minimum absolute atomic E-state index is 0.0361. The average molecular weight is 535 g/mol. The molecule has 38 heavy (non-hydrogen) atoms.